The standard InChI is InChI=1S/C11H20N4O/c1-8(7-16-3)12-10-4-5-11-13-9(2)14-15(11)6-10/h8,10,12H,4-7H2,1-3H3. The number of nitrogens with zero attached hydrogens (tertiary/aromatic N) is 3. The Bertz CT molecular complexity index is 350. The molecule has 1 aliphatic rings. The normalized spacial score (nSPS) is 21.8. The van der Waals surface area contributed by atoms with Gasteiger partial charge in [0.05, 0.1) is 13.2 Å². The highest BCUT2D eigenvalue weighted by Crippen LogP contribution is 2.13. The Morgan fingerprint density at radius 2 is 2.44 bits per heavy atom. The molecule has 0 saturated heterocycles. The molecular weight excluding hydrogens is 204 g/mol. The monoisotopic (exact) mass is 224 g/mol. The van der Waals surface area contributed by atoms with Crippen LogP contribution < -0.4 is 5.32 Å². The van der Waals surface area contributed by atoms with Gasteiger partial charge in [-0.15, -0.1) is 0 Å². The number of hydrogen-bond acceptors (Lipinski definition) is 4. The number of hydrogen-bond donors (Lipinski definition) is 1. The number of nitrogens with one attached hydrogen (secondary N) is 1. The van der Waals surface area contributed by atoms with E-state index in [-0.39, 0.29) is 0 Å². The first-order chi connectivity index (χ1) is 7.69. The minimum Gasteiger partial charge on any atom is -0.383 e. The summed E-state index contributed by atoms with van der Waals surface area (Å²) < 4.78 is 7.15. The third-order valence-corrected chi connectivity index (χ3v) is 2.90. The van der Waals surface area contributed by atoms with Gasteiger partial charge in [0.2, 0.25) is 0 Å². The molecule has 0 radical (unpaired) electrons. The van der Waals surface area contributed by atoms with Gasteiger partial charge in [-0.3, -0.25) is 0 Å². The summed E-state index contributed by atoms with van der Waals surface area (Å²) in [6.07, 6.45) is 2.14. The highest BCUT2D eigenvalue weighted by molar-refractivity contribution is 4.97. The fraction of sp³-hybridized carbons (Fsp3) is 0.818. The minimum absolute atomic E-state index is 0.390. The second kappa shape index (κ2) is 4.93. The molecule has 1 aliphatic heterocycles. The maximum Gasteiger partial charge on any atom is 0.147 e. The first-order valence-corrected chi connectivity index (χ1v) is 5.84. The lowest BCUT2D eigenvalue weighted by atomic mass is 10.1. The Hall–Kier alpha value is -0.940. The number of aryl methyl sites for hydroxylation is 2. The maximum atomic E-state index is 5.12. The molecule has 0 fully saturated rings. The van der Waals surface area contributed by atoms with E-state index in [2.05, 4.69) is 22.3 Å². The molecule has 0 aromatic carbocycles. The Kier molecular flexibility index (Phi) is 3.56. The van der Waals surface area contributed by atoms with Gasteiger partial charge in [0.15, 0.2) is 0 Å². The summed E-state index contributed by atoms with van der Waals surface area (Å²) in [6, 6.07) is 0.875. The van der Waals surface area contributed by atoms with Crippen molar-refractivity contribution in [2.75, 3.05) is 13.7 Å². The molecule has 2 unspecified atom stereocenters. The van der Waals surface area contributed by atoms with E-state index in [4.69, 9.17) is 4.74 Å². The lowest BCUT2D eigenvalue weighted by molar-refractivity contribution is 0.161. The van der Waals surface area contributed by atoms with Crippen LogP contribution in [0.2, 0.25) is 0 Å². The van der Waals surface area contributed by atoms with Crippen LogP contribution in [0, 0.1) is 6.92 Å². The lowest BCUT2D eigenvalue weighted by Gasteiger charge is -2.26. The van der Waals surface area contributed by atoms with Crippen molar-refractivity contribution in [3.05, 3.63) is 11.6 Å². The van der Waals surface area contributed by atoms with Crippen LogP contribution in [0.4, 0.5) is 0 Å². The van der Waals surface area contributed by atoms with Crippen molar-refractivity contribution in [1.82, 2.24) is 20.1 Å². The van der Waals surface area contributed by atoms with Gasteiger partial charge in [-0.05, 0) is 20.3 Å². The molecule has 5 nitrogen and oxygen atoms in total. The average molecular weight is 224 g/mol. The van der Waals surface area contributed by atoms with E-state index in [0.29, 0.717) is 12.1 Å². The summed E-state index contributed by atoms with van der Waals surface area (Å²) >= 11 is 0. The Morgan fingerprint density at radius 1 is 1.62 bits per heavy atom. The van der Waals surface area contributed by atoms with Gasteiger partial charge < -0.3 is 10.1 Å². The summed E-state index contributed by atoms with van der Waals surface area (Å²) in [6.45, 7) is 5.76. The molecule has 0 amide bonds. The minimum atomic E-state index is 0.390. The molecule has 0 saturated carbocycles. The Balaban J connectivity index is 1.92. The van der Waals surface area contributed by atoms with Crippen LogP contribution in [0.15, 0.2) is 0 Å². The first-order valence-electron chi connectivity index (χ1n) is 5.84. The number of rotatable bonds is 4. The smallest absolute Gasteiger partial charge is 0.147 e. The van der Waals surface area contributed by atoms with Crippen LogP contribution in [0.3, 0.4) is 0 Å². The van der Waals surface area contributed by atoms with Gasteiger partial charge in [0.1, 0.15) is 11.6 Å². The van der Waals surface area contributed by atoms with E-state index in [0.717, 1.165) is 37.6 Å². The predicted molar refractivity (Wildman–Crippen MR) is 61.3 cm³/mol. The van der Waals surface area contributed by atoms with Crippen LogP contribution in [-0.4, -0.2) is 40.6 Å². The molecule has 0 bridgehead atoms. The lowest BCUT2D eigenvalue weighted by Crippen LogP contribution is -2.44. The van der Waals surface area contributed by atoms with E-state index in [1.165, 1.54) is 0 Å². The van der Waals surface area contributed by atoms with E-state index in [9.17, 15) is 0 Å². The van der Waals surface area contributed by atoms with E-state index >= 15 is 0 Å². The highest BCUT2D eigenvalue weighted by Gasteiger charge is 2.21. The van der Waals surface area contributed by atoms with Gasteiger partial charge in [-0.2, -0.15) is 5.10 Å². The van der Waals surface area contributed by atoms with Crippen molar-refractivity contribution in [2.45, 2.75) is 45.3 Å². The molecule has 5 heteroatoms. The zero-order valence-electron chi connectivity index (χ0n) is 10.2. The average Bonchev–Trinajstić information content (AvgIpc) is 2.57. The molecule has 0 spiro atoms. The fourth-order valence-electron chi connectivity index (χ4n) is 2.27. The van der Waals surface area contributed by atoms with Gasteiger partial charge in [0.25, 0.3) is 0 Å². The SMILES string of the molecule is COCC(C)NC1CCc2nc(C)nn2C1. The Labute approximate surface area is 96.2 Å². The van der Waals surface area contributed by atoms with Gasteiger partial charge >= 0.3 is 0 Å². The third-order valence-electron chi connectivity index (χ3n) is 2.90. The molecule has 1 aromatic heterocycles. The van der Waals surface area contributed by atoms with Crippen molar-refractivity contribution >= 4 is 0 Å². The zero-order valence-corrected chi connectivity index (χ0v) is 10.2. The molecule has 0 aliphatic carbocycles. The summed E-state index contributed by atoms with van der Waals surface area (Å²) in [7, 11) is 1.73. The molecule has 1 aromatic rings. The maximum absolute atomic E-state index is 5.12. The molecule has 2 rings (SSSR count). The van der Waals surface area contributed by atoms with Crippen LogP contribution in [0.1, 0.15) is 25.0 Å². The van der Waals surface area contributed by atoms with Crippen LogP contribution in [0.25, 0.3) is 0 Å². The van der Waals surface area contributed by atoms with Crippen LogP contribution in [-0.2, 0) is 17.7 Å². The molecule has 90 valence electrons. The van der Waals surface area contributed by atoms with Crippen molar-refractivity contribution in [3.8, 4) is 0 Å². The number of ether oxygens (including phenoxy) is 1. The van der Waals surface area contributed by atoms with E-state index in [1.807, 2.05) is 11.6 Å². The zero-order chi connectivity index (χ0) is 11.5. The second-order valence-electron chi connectivity index (χ2n) is 4.52. The summed E-state index contributed by atoms with van der Waals surface area (Å²) in [5.74, 6) is 2.00. The van der Waals surface area contributed by atoms with E-state index < -0.39 is 0 Å². The molecule has 16 heavy (non-hydrogen) atoms. The fourth-order valence-corrected chi connectivity index (χ4v) is 2.27. The van der Waals surface area contributed by atoms with Gasteiger partial charge in [-0.1, -0.05) is 0 Å². The third kappa shape index (κ3) is 2.59. The Morgan fingerprint density at radius 3 is 3.19 bits per heavy atom. The van der Waals surface area contributed by atoms with Crippen molar-refractivity contribution in [3.63, 3.8) is 0 Å². The first kappa shape index (κ1) is 11.5. The largest absolute Gasteiger partial charge is 0.383 e. The van der Waals surface area contributed by atoms with Gasteiger partial charge in [0, 0.05) is 25.6 Å². The summed E-state index contributed by atoms with van der Waals surface area (Å²) in [4.78, 5) is 4.40. The molecule has 1 N–H and O–H groups in total. The van der Waals surface area contributed by atoms with E-state index in [1.54, 1.807) is 7.11 Å². The summed E-state index contributed by atoms with van der Waals surface area (Å²) in [5.41, 5.74) is 0. The number of methoxy groups -OCH3 is 1. The van der Waals surface area contributed by atoms with Crippen LogP contribution >= 0.6 is 0 Å². The van der Waals surface area contributed by atoms with Crippen molar-refractivity contribution in [1.29, 1.82) is 0 Å². The molecule has 2 heterocycles. The highest BCUT2D eigenvalue weighted by atomic mass is 16.5. The van der Waals surface area contributed by atoms with Crippen LogP contribution in [0.5, 0.6) is 0 Å². The topological polar surface area (TPSA) is 52.0 Å². The number of aromatic nitrogens is 3. The van der Waals surface area contributed by atoms with Crippen molar-refractivity contribution in [2.24, 2.45) is 0 Å². The second-order valence-corrected chi connectivity index (χ2v) is 4.52. The van der Waals surface area contributed by atoms with Crippen molar-refractivity contribution < 1.29 is 4.74 Å². The predicted octanol–water partition coefficient (Wildman–Crippen LogP) is 0.526. The summed E-state index contributed by atoms with van der Waals surface area (Å²) in [5, 5.41) is 7.95. The van der Waals surface area contributed by atoms with Gasteiger partial charge in [-0.25, -0.2) is 9.67 Å². The quantitative estimate of drug-likeness (QED) is 0.810. The molecule has 2 atom stereocenters. The molecular formula is C11H20N4O. The number of fused-ring (bicyclic) bond motifs is 1.